The van der Waals surface area contributed by atoms with Crippen LogP contribution in [-0.2, 0) is 14.8 Å². The number of nitrogens with zero attached hydrogens (tertiary/aromatic N) is 2. The summed E-state index contributed by atoms with van der Waals surface area (Å²) in [6.45, 7) is 2.40. The third kappa shape index (κ3) is 4.94. The Morgan fingerprint density at radius 3 is 2.45 bits per heavy atom. The summed E-state index contributed by atoms with van der Waals surface area (Å²) in [6, 6.07) is 12.1. The molecular formula is C21H22Cl2N2O3S. The highest BCUT2D eigenvalue weighted by molar-refractivity contribution is 7.93. The van der Waals surface area contributed by atoms with Crippen molar-refractivity contribution in [1.29, 1.82) is 0 Å². The van der Waals surface area contributed by atoms with E-state index in [4.69, 9.17) is 23.2 Å². The number of hydrogen-bond donors (Lipinski definition) is 0. The first-order valence-electron chi connectivity index (χ1n) is 9.19. The largest absolute Gasteiger partial charge is 0.335 e. The zero-order valence-corrected chi connectivity index (χ0v) is 18.5. The van der Waals surface area contributed by atoms with Gasteiger partial charge in [0.25, 0.3) is 0 Å². The minimum atomic E-state index is -3.20. The van der Waals surface area contributed by atoms with Crippen LogP contribution in [0.3, 0.4) is 0 Å². The van der Waals surface area contributed by atoms with Gasteiger partial charge in [-0.3, -0.25) is 9.10 Å². The van der Waals surface area contributed by atoms with Gasteiger partial charge in [-0.25, -0.2) is 8.42 Å². The molecule has 1 atom stereocenters. The summed E-state index contributed by atoms with van der Waals surface area (Å²) >= 11 is 12.2. The summed E-state index contributed by atoms with van der Waals surface area (Å²) in [6.07, 6.45) is 3.83. The summed E-state index contributed by atoms with van der Waals surface area (Å²) in [7, 11) is -1.48. The van der Waals surface area contributed by atoms with Crippen molar-refractivity contribution in [2.75, 3.05) is 23.7 Å². The molecule has 1 amide bonds. The number of halogens is 2. The molecule has 154 valence electrons. The van der Waals surface area contributed by atoms with Crippen LogP contribution in [0.5, 0.6) is 0 Å². The molecule has 2 aromatic carbocycles. The van der Waals surface area contributed by atoms with Crippen molar-refractivity contribution in [3.05, 3.63) is 69.7 Å². The average molecular weight is 453 g/mol. The highest BCUT2D eigenvalue weighted by Crippen LogP contribution is 2.29. The van der Waals surface area contributed by atoms with Gasteiger partial charge in [-0.2, -0.15) is 0 Å². The minimum Gasteiger partial charge on any atom is -0.335 e. The third-order valence-electron chi connectivity index (χ3n) is 5.04. The van der Waals surface area contributed by atoms with Crippen LogP contribution >= 0.6 is 23.2 Å². The van der Waals surface area contributed by atoms with Crippen LogP contribution < -0.4 is 4.31 Å². The van der Waals surface area contributed by atoms with Gasteiger partial charge < -0.3 is 4.90 Å². The molecule has 5 nitrogen and oxygen atoms in total. The fraction of sp³-hybridized carbons (Fsp3) is 0.286. The summed E-state index contributed by atoms with van der Waals surface area (Å²) in [5.41, 5.74) is 2.27. The molecule has 0 saturated carbocycles. The van der Waals surface area contributed by atoms with Gasteiger partial charge in [-0.05, 0) is 54.8 Å². The van der Waals surface area contributed by atoms with Crippen molar-refractivity contribution in [2.24, 2.45) is 0 Å². The number of rotatable bonds is 5. The van der Waals surface area contributed by atoms with Crippen molar-refractivity contribution >= 4 is 50.9 Å². The normalized spacial score (nSPS) is 16.9. The molecule has 3 rings (SSSR count). The van der Waals surface area contributed by atoms with Crippen molar-refractivity contribution in [3.63, 3.8) is 0 Å². The smallest absolute Gasteiger partial charge is 0.246 e. The molecular weight excluding hydrogens is 431 g/mol. The second kappa shape index (κ2) is 8.78. The van der Waals surface area contributed by atoms with E-state index in [0.717, 1.165) is 11.1 Å². The monoisotopic (exact) mass is 452 g/mol. The Morgan fingerprint density at radius 2 is 1.86 bits per heavy atom. The maximum atomic E-state index is 12.6. The molecule has 8 heteroatoms. The van der Waals surface area contributed by atoms with Crippen LogP contribution in [0.1, 0.15) is 30.5 Å². The quantitative estimate of drug-likeness (QED) is 0.613. The Kier molecular flexibility index (Phi) is 6.56. The van der Waals surface area contributed by atoms with E-state index >= 15 is 0 Å². The van der Waals surface area contributed by atoms with Crippen LogP contribution in [0.4, 0.5) is 5.69 Å². The summed E-state index contributed by atoms with van der Waals surface area (Å²) in [4.78, 5) is 14.1. The zero-order chi connectivity index (χ0) is 21.2. The standard InChI is InChI=1S/C21H22Cl2N2O3S/c1-15(19-10-7-17(22)14-20(19)23)24(2)21(26)11-6-16-4-8-18(9-5-16)25-12-3-13-29(25,27)28/h4-11,14-15H,3,12-13H2,1-2H3/b11-6+. The molecule has 0 bridgehead atoms. The number of carbonyl (C=O) groups is 1. The van der Waals surface area contributed by atoms with E-state index < -0.39 is 10.0 Å². The molecule has 29 heavy (non-hydrogen) atoms. The van der Waals surface area contributed by atoms with Crippen LogP contribution in [0.15, 0.2) is 48.5 Å². The van der Waals surface area contributed by atoms with E-state index in [1.54, 1.807) is 54.4 Å². The van der Waals surface area contributed by atoms with E-state index in [1.165, 1.54) is 10.4 Å². The first-order valence-corrected chi connectivity index (χ1v) is 11.6. The van der Waals surface area contributed by atoms with Gasteiger partial charge in [-0.1, -0.05) is 41.4 Å². The van der Waals surface area contributed by atoms with Crippen molar-refractivity contribution in [3.8, 4) is 0 Å². The van der Waals surface area contributed by atoms with Crippen LogP contribution in [0.25, 0.3) is 6.08 Å². The lowest BCUT2D eigenvalue weighted by Gasteiger charge is -2.25. The molecule has 0 aliphatic carbocycles. The van der Waals surface area contributed by atoms with Gasteiger partial charge in [0.1, 0.15) is 0 Å². The van der Waals surface area contributed by atoms with Crippen molar-refractivity contribution in [1.82, 2.24) is 4.90 Å². The van der Waals surface area contributed by atoms with Gasteiger partial charge >= 0.3 is 0 Å². The fourth-order valence-electron chi connectivity index (χ4n) is 3.21. The third-order valence-corrected chi connectivity index (χ3v) is 7.47. The number of carbonyl (C=O) groups excluding carboxylic acids is 1. The Labute approximate surface area is 181 Å². The molecule has 0 aromatic heterocycles. The molecule has 1 saturated heterocycles. The predicted molar refractivity (Wildman–Crippen MR) is 119 cm³/mol. The predicted octanol–water partition coefficient (Wildman–Crippen LogP) is 4.77. The van der Waals surface area contributed by atoms with Gasteiger partial charge in [0.15, 0.2) is 0 Å². The number of anilines is 1. The van der Waals surface area contributed by atoms with E-state index in [1.807, 2.05) is 13.0 Å². The maximum absolute atomic E-state index is 12.6. The summed E-state index contributed by atoms with van der Waals surface area (Å²) in [5.74, 6) is 0.0143. The lowest BCUT2D eigenvalue weighted by molar-refractivity contribution is -0.126. The number of amides is 1. The molecule has 1 aliphatic heterocycles. The highest BCUT2D eigenvalue weighted by atomic mass is 35.5. The molecule has 1 aliphatic rings. The fourth-order valence-corrected chi connectivity index (χ4v) is 5.34. The van der Waals surface area contributed by atoms with Gasteiger partial charge in [-0.15, -0.1) is 0 Å². The van der Waals surface area contributed by atoms with Gasteiger partial charge in [0.05, 0.1) is 17.5 Å². The van der Waals surface area contributed by atoms with Crippen molar-refractivity contribution in [2.45, 2.75) is 19.4 Å². The molecule has 0 N–H and O–H groups in total. The average Bonchev–Trinajstić information content (AvgIpc) is 3.04. The summed E-state index contributed by atoms with van der Waals surface area (Å²) < 4.78 is 25.4. The lowest BCUT2D eigenvalue weighted by Crippen LogP contribution is -2.28. The Hall–Kier alpha value is -2.02. The zero-order valence-electron chi connectivity index (χ0n) is 16.2. The molecule has 1 fully saturated rings. The first kappa shape index (κ1) is 21.7. The van der Waals surface area contributed by atoms with E-state index in [0.29, 0.717) is 28.7 Å². The molecule has 0 spiro atoms. The van der Waals surface area contributed by atoms with Crippen molar-refractivity contribution < 1.29 is 13.2 Å². The second-order valence-corrected chi connectivity index (χ2v) is 9.81. The number of benzene rings is 2. The lowest BCUT2D eigenvalue weighted by atomic mass is 10.1. The van der Waals surface area contributed by atoms with Crippen LogP contribution in [0.2, 0.25) is 10.0 Å². The van der Waals surface area contributed by atoms with E-state index in [-0.39, 0.29) is 17.7 Å². The summed E-state index contributed by atoms with van der Waals surface area (Å²) in [5, 5.41) is 1.06. The Bertz CT molecular complexity index is 1040. The van der Waals surface area contributed by atoms with Crippen LogP contribution in [0, 0.1) is 0 Å². The molecule has 1 unspecified atom stereocenters. The molecule has 2 aromatic rings. The van der Waals surface area contributed by atoms with Gasteiger partial charge in [0, 0.05) is 29.7 Å². The Balaban J connectivity index is 1.68. The van der Waals surface area contributed by atoms with E-state index in [2.05, 4.69) is 0 Å². The maximum Gasteiger partial charge on any atom is 0.246 e. The van der Waals surface area contributed by atoms with Crippen LogP contribution in [-0.4, -0.2) is 38.6 Å². The number of hydrogen-bond acceptors (Lipinski definition) is 3. The van der Waals surface area contributed by atoms with Gasteiger partial charge in [0.2, 0.25) is 15.9 Å². The second-order valence-electron chi connectivity index (χ2n) is 6.96. The number of likely N-dealkylation sites (N-methyl/N-ethyl adjacent to an activating group) is 1. The SMILES string of the molecule is CC(c1ccc(Cl)cc1Cl)N(C)C(=O)/C=C/c1ccc(N2CCCS2(=O)=O)cc1. The highest BCUT2D eigenvalue weighted by Gasteiger charge is 2.28. The first-order chi connectivity index (χ1) is 13.7. The molecule has 0 radical (unpaired) electrons. The minimum absolute atomic E-state index is 0.172. The Morgan fingerprint density at radius 1 is 1.17 bits per heavy atom. The molecule has 1 heterocycles. The topological polar surface area (TPSA) is 57.7 Å². The number of sulfonamides is 1. The van der Waals surface area contributed by atoms with E-state index in [9.17, 15) is 13.2 Å².